The molecule has 14 heavy (non-hydrogen) atoms. The summed E-state index contributed by atoms with van der Waals surface area (Å²) in [4.78, 5) is 0. The lowest BCUT2D eigenvalue weighted by molar-refractivity contribution is -0.159. The Hall–Kier alpha value is -0.900. The van der Waals surface area contributed by atoms with Gasteiger partial charge in [-0.1, -0.05) is 24.3 Å². The third-order valence-corrected chi connectivity index (χ3v) is 2.59. The molecule has 1 unspecified atom stereocenters. The summed E-state index contributed by atoms with van der Waals surface area (Å²) in [5.74, 6) is 0. The van der Waals surface area contributed by atoms with Crippen molar-refractivity contribution in [2.45, 2.75) is 25.6 Å². The van der Waals surface area contributed by atoms with Crippen molar-refractivity contribution in [1.82, 2.24) is 0 Å². The Bertz CT molecular complexity index is 306. The number of epoxide rings is 1. The Kier molecular flexibility index (Phi) is 2.01. The zero-order chi connectivity index (χ0) is 9.38. The van der Waals surface area contributed by atoms with E-state index in [1.165, 1.54) is 11.1 Å². The molecule has 1 fully saturated rings. The molecule has 2 aliphatic rings. The monoisotopic (exact) mass is 192 g/mol. The zero-order valence-electron chi connectivity index (χ0n) is 7.81. The first-order valence-electron chi connectivity index (χ1n) is 4.85. The number of hydrogen-bond donors (Lipinski definition) is 0. The maximum atomic E-state index is 5.61. The summed E-state index contributed by atoms with van der Waals surface area (Å²) in [5, 5.41) is 0. The molecule has 0 amide bonds. The third kappa shape index (κ3) is 1.54. The van der Waals surface area contributed by atoms with Crippen molar-refractivity contribution in [2.24, 2.45) is 0 Å². The van der Waals surface area contributed by atoms with E-state index in [0.29, 0.717) is 13.2 Å². The second kappa shape index (κ2) is 3.35. The average Bonchev–Trinajstić information content (AvgIpc) is 3.03. The van der Waals surface area contributed by atoms with Crippen molar-refractivity contribution in [1.29, 1.82) is 0 Å². The summed E-state index contributed by atoms with van der Waals surface area (Å²) in [7, 11) is 0. The van der Waals surface area contributed by atoms with E-state index in [4.69, 9.17) is 14.2 Å². The van der Waals surface area contributed by atoms with Crippen LogP contribution in [0.15, 0.2) is 24.3 Å². The molecule has 3 heteroatoms. The summed E-state index contributed by atoms with van der Waals surface area (Å²) >= 11 is 0. The third-order valence-electron chi connectivity index (χ3n) is 2.59. The van der Waals surface area contributed by atoms with E-state index in [1.54, 1.807) is 0 Å². The lowest BCUT2D eigenvalue weighted by Crippen LogP contribution is -2.21. The van der Waals surface area contributed by atoms with Gasteiger partial charge in [0.15, 0.2) is 6.29 Å². The van der Waals surface area contributed by atoms with E-state index in [9.17, 15) is 0 Å². The van der Waals surface area contributed by atoms with Gasteiger partial charge in [0.2, 0.25) is 0 Å². The topological polar surface area (TPSA) is 31.0 Å². The van der Waals surface area contributed by atoms with Gasteiger partial charge in [0, 0.05) is 0 Å². The molecule has 1 saturated heterocycles. The molecule has 0 aromatic heterocycles. The van der Waals surface area contributed by atoms with Gasteiger partial charge in [-0.3, -0.25) is 0 Å². The fourth-order valence-electron chi connectivity index (χ4n) is 1.66. The van der Waals surface area contributed by atoms with Crippen LogP contribution in [0, 0.1) is 0 Å². The van der Waals surface area contributed by atoms with Gasteiger partial charge in [0.1, 0.15) is 6.10 Å². The van der Waals surface area contributed by atoms with Crippen LogP contribution in [0.3, 0.4) is 0 Å². The summed E-state index contributed by atoms with van der Waals surface area (Å²) in [5.41, 5.74) is 2.44. The summed E-state index contributed by atoms with van der Waals surface area (Å²) in [6.07, 6.45) is -0.0216. The van der Waals surface area contributed by atoms with Crippen LogP contribution in [0.5, 0.6) is 0 Å². The summed E-state index contributed by atoms with van der Waals surface area (Å²) in [6, 6.07) is 8.20. The van der Waals surface area contributed by atoms with Crippen molar-refractivity contribution in [3.8, 4) is 0 Å². The van der Waals surface area contributed by atoms with E-state index in [1.807, 2.05) is 12.1 Å². The van der Waals surface area contributed by atoms with Crippen LogP contribution in [0.4, 0.5) is 0 Å². The second-order valence-corrected chi connectivity index (χ2v) is 3.63. The van der Waals surface area contributed by atoms with Crippen LogP contribution in [0.25, 0.3) is 0 Å². The van der Waals surface area contributed by atoms with Gasteiger partial charge in [0.25, 0.3) is 0 Å². The molecule has 74 valence electrons. The SMILES string of the molecule is c1ccc2c(c1)COC(C1CO1)OC2. The van der Waals surface area contributed by atoms with E-state index in [0.717, 1.165) is 6.61 Å². The number of fused-ring (bicyclic) bond motifs is 1. The van der Waals surface area contributed by atoms with Gasteiger partial charge >= 0.3 is 0 Å². The molecule has 3 rings (SSSR count). The van der Waals surface area contributed by atoms with Crippen molar-refractivity contribution in [3.63, 3.8) is 0 Å². The van der Waals surface area contributed by atoms with Gasteiger partial charge in [0.05, 0.1) is 19.8 Å². The molecule has 0 spiro atoms. The van der Waals surface area contributed by atoms with Gasteiger partial charge in [-0.15, -0.1) is 0 Å². The molecule has 2 heterocycles. The molecule has 0 aliphatic carbocycles. The van der Waals surface area contributed by atoms with Gasteiger partial charge in [-0.2, -0.15) is 0 Å². The molecule has 0 radical (unpaired) electrons. The van der Waals surface area contributed by atoms with Crippen LogP contribution < -0.4 is 0 Å². The first kappa shape index (κ1) is 8.41. The number of benzene rings is 1. The van der Waals surface area contributed by atoms with Crippen LogP contribution in [-0.4, -0.2) is 19.0 Å². The molecule has 0 saturated carbocycles. The minimum Gasteiger partial charge on any atom is -0.368 e. The van der Waals surface area contributed by atoms with Crippen molar-refractivity contribution >= 4 is 0 Å². The highest BCUT2D eigenvalue weighted by atomic mass is 16.7. The Morgan fingerprint density at radius 1 is 0.929 bits per heavy atom. The average molecular weight is 192 g/mol. The van der Waals surface area contributed by atoms with Crippen molar-refractivity contribution in [3.05, 3.63) is 35.4 Å². The van der Waals surface area contributed by atoms with Crippen molar-refractivity contribution < 1.29 is 14.2 Å². The number of hydrogen-bond acceptors (Lipinski definition) is 3. The van der Waals surface area contributed by atoms with Crippen molar-refractivity contribution in [2.75, 3.05) is 6.61 Å². The fraction of sp³-hybridized carbons (Fsp3) is 0.455. The quantitative estimate of drug-likeness (QED) is 0.631. The van der Waals surface area contributed by atoms with Crippen LogP contribution in [0.1, 0.15) is 11.1 Å². The fourth-order valence-corrected chi connectivity index (χ4v) is 1.66. The minimum atomic E-state index is -0.178. The van der Waals surface area contributed by atoms with E-state index in [2.05, 4.69) is 12.1 Å². The predicted octanol–water partition coefficient (Wildman–Crippen LogP) is 1.46. The highest BCUT2D eigenvalue weighted by Gasteiger charge is 2.35. The molecular weight excluding hydrogens is 180 g/mol. The Morgan fingerprint density at radius 3 is 2.00 bits per heavy atom. The molecule has 1 aromatic rings. The molecule has 1 atom stereocenters. The first-order chi connectivity index (χ1) is 6.93. The predicted molar refractivity (Wildman–Crippen MR) is 49.5 cm³/mol. The van der Waals surface area contributed by atoms with E-state index >= 15 is 0 Å². The van der Waals surface area contributed by atoms with Crippen LogP contribution in [0.2, 0.25) is 0 Å². The zero-order valence-corrected chi connectivity index (χ0v) is 7.81. The Labute approximate surface area is 82.6 Å². The van der Waals surface area contributed by atoms with Crippen LogP contribution >= 0.6 is 0 Å². The van der Waals surface area contributed by atoms with E-state index in [-0.39, 0.29) is 12.4 Å². The number of ether oxygens (including phenoxy) is 3. The lowest BCUT2D eigenvalue weighted by Gasteiger charge is -2.11. The van der Waals surface area contributed by atoms with Crippen LogP contribution in [-0.2, 0) is 27.4 Å². The Morgan fingerprint density at radius 2 is 1.50 bits per heavy atom. The first-order valence-corrected chi connectivity index (χ1v) is 4.85. The second-order valence-electron chi connectivity index (χ2n) is 3.63. The minimum absolute atomic E-state index is 0.157. The maximum absolute atomic E-state index is 5.61. The molecule has 0 bridgehead atoms. The highest BCUT2D eigenvalue weighted by molar-refractivity contribution is 5.26. The smallest absolute Gasteiger partial charge is 0.186 e. The number of rotatable bonds is 1. The molecular formula is C11H12O3. The molecule has 1 aromatic carbocycles. The molecule has 0 N–H and O–H groups in total. The van der Waals surface area contributed by atoms with Gasteiger partial charge in [-0.25, -0.2) is 0 Å². The van der Waals surface area contributed by atoms with E-state index < -0.39 is 0 Å². The molecule has 2 aliphatic heterocycles. The lowest BCUT2D eigenvalue weighted by atomic mass is 10.1. The Balaban J connectivity index is 1.79. The largest absolute Gasteiger partial charge is 0.368 e. The highest BCUT2D eigenvalue weighted by Crippen LogP contribution is 2.24. The summed E-state index contributed by atoms with van der Waals surface area (Å²) < 4.78 is 16.4. The summed E-state index contributed by atoms with van der Waals surface area (Å²) in [6.45, 7) is 2.02. The standard InChI is InChI=1S/C11H12O3/c1-2-4-9-6-14-11(10-7-12-10)13-5-8(9)3-1/h1-4,10-11H,5-7H2. The normalized spacial score (nSPS) is 26.7. The maximum Gasteiger partial charge on any atom is 0.186 e. The van der Waals surface area contributed by atoms with Gasteiger partial charge in [-0.05, 0) is 11.1 Å². The molecule has 3 nitrogen and oxygen atoms in total. The van der Waals surface area contributed by atoms with Gasteiger partial charge < -0.3 is 14.2 Å².